The van der Waals surface area contributed by atoms with Crippen LogP contribution in [0.15, 0.2) is 24.3 Å². The van der Waals surface area contributed by atoms with Gasteiger partial charge in [-0.25, -0.2) is 9.99 Å². The van der Waals surface area contributed by atoms with E-state index in [9.17, 15) is 19.2 Å². The van der Waals surface area contributed by atoms with Crippen LogP contribution >= 0.6 is 11.3 Å². The summed E-state index contributed by atoms with van der Waals surface area (Å²) in [6.07, 6.45) is 1.38. The lowest BCUT2D eigenvalue weighted by Gasteiger charge is -2.28. The number of hydrazine groups is 1. The zero-order valence-corrected chi connectivity index (χ0v) is 21.6. The number of fused-ring (bicyclic) bond motifs is 2. The molecule has 36 heavy (non-hydrogen) atoms. The summed E-state index contributed by atoms with van der Waals surface area (Å²) < 4.78 is 0. The first-order valence-electron chi connectivity index (χ1n) is 12.3. The quantitative estimate of drug-likeness (QED) is 0.495. The van der Waals surface area contributed by atoms with E-state index in [2.05, 4.69) is 20.9 Å². The molecule has 1 aromatic heterocycles. The van der Waals surface area contributed by atoms with Crippen LogP contribution in [0.5, 0.6) is 0 Å². The highest BCUT2D eigenvalue weighted by molar-refractivity contribution is 7.15. The first-order valence-corrected chi connectivity index (χ1v) is 13.1. The van der Waals surface area contributed by atoms with Crippen molar-refractivity contribution in [3.05, 3.63) is 51.0 Å². The molecule has 4 amide bonds. The number of nitrogens with zero attached hydrogens (tertiary/aromatic N) is 3. The molecule has 11 heteroatoms. The number of carbonyl (C=O) groups excluding carboxylic acids is 4. The van der Waals surface area contributed by atoms with Crippen molar-refractivity contribution < 1.29 is 19.2 Å². The van der Waals surface area contributed by atoms with Crippen molar-refractivity contribution in [3.8, 4) is 0 Å². The molecule has 0 aliphatic carbocycles. The first kappa shape index (κ1) is 25.8. The third-order valence-corrected chi connectivity index (χ3v) is 7.70. The van der Waals surface area contributed by atoms with Crippen LogP contribution in [-0.4, -0.2) is 64.8 Å². The first-order chi connectivity index (χ1) is 17.3. The molecule has 0 unspecified atom stereocenters. The molecule has 1 fully saturated rings. The number of benzene rings is 1. The number of amides is 4. The summed E-state index contributed by atoms with van der Waals surface area (Å²) in [5, 5.41) is 12.5. The van der Waals surface area contributed by atoms with Crippen LogP contribution < -0.4 is 16.0 Å². The van der Waals surface area contributed by atoms with Gasteiger partial charge in [0.1, 0.15) is 10.9 Å². The molecule has 10 nitrogen and oxygen atoms in total. The number of rotatable bonds is 8. The molecule has 2 atom stereocenters. The van der Waals surface area contributed by atoms with E-state index in [1.807, 2.05) is 43.1 Å². The zero-order valence-electron chi connectivity index (χ0n) is 20.8. The molecule has 0 saturated carbocycles. The number of hydrogen-bond acceptors (Lipinski definition) is 7. The third-order valence-electron chi connectivity index (χ3n) is 6.54. The number of aromatic nitrogens is 1. The fourth-order valence-electron chi connectivity index (χ4n) is 4.58. The van der Waals surface area contributed by atoms with E-state index in [4.69, 9.17) is 0 Å². The van der Waals surface area contributed by atoms with Gasteiger partial charge in [-0.05, 0) is 37.8 Å². The van der Waals surface area contributed by atoms with E-state index in [0.717, 1.165) is 35.4 Å². The van der Waals surface area contributed by atoms with Crippen LogP contribution in [0.3, 0.4) is 0 Å². The molecule has 2 aliphatic heterocycles. The van der Waals surface area contributed by atoms with Gasteiger partial charge in [0.25, 0.3) is 17.7 Å². The Hall–Kier alpha value is -3.31. The lowest BCUT2D eigenvalue weighted by molar-refractivity contribution is -0.148. The maximum atomic E-state index is 13.4. The van der Waals surface area contributed by atoms with Crippen molar-refractivity contribution in [2.24, 2.45) is 5.92 Å². The highest BCUT2D eigenvalue weighted by Gasteiger charge is 2.38. The largest absolute Gasteiger partial charge is 0.350 e. The predicted molar refractivity (Wildman–Crippen MR) is 135 cm³/mol. The Labute approximate surface area is 214 Å². The maximum absolute atomic E-state index is 13.4. The summed E-state index contributed by atoms with van der Waals surface area (Å²) in [5.41, 5.74) is 2.29. The summed E-state index contributed by atoms with van der Waals surface area (Å²) >= 11 is 1.02. The smallest absolute Gasteiger partial charge is 0.280 e. The molecule has 0 spiro atoms. The molecule has 1 saturated heterocycles. The zero-order chi connectivity index (χ0) is 25.8. The molecule has 0 bridgehead atoms. The van der Waals surface area contributed by atoms with Gasteiger partial charge < -0.3 is 16.0 Å². The standard InChI is InChI=1S/C25H32N6O4S/c1-4-16(13-27-22(33)20-15(3)28-24(36-20)23(34)26-5-2)21(32)29-19-18-10-7-6-9-17(18)14-30-11-8-12-31(30)25(19)35/h6-7,9-10,16,19H,4-5,8,11-14H2,1-3H3,(H,26,34)(H,27,33)(H,29,32)/t16-,19+/m1/s1. The van der Waals surface area contributed by atoms with Crippen molar-refractivity contribution >= 4 is 35.0 Å². The Bertz CT molecular complexity index is 1170. The topological polar surface area (TPSA) is 124 Å². The average Bonchev–Trinajstić information content (AvgIpc) is 3.47. The summed E-state index contributed by atoms with van der Waals surface area (Å²) in [6.45, 7) is 8.01. The number of carbonyl (C=O) groups is 4. The van der Waals surface area contributed by atoms with Crippen molar-refractivity contribution in [2.45, 2.75) is 46.2 Å². The van der Waals surface area contributed by atoms with Crippen molar-refractivity contribution in [2.75, 3.05) is 26.2 Å². The van der Waals surface area contributed by atoms with Gasteiger partial charge in [0.2, 0.25) is 5.91 Å². The molecule has 0 radical (unpaired) electrons. The van der Waals surface area contributed by atoms with Gasteiger partial charge in [0.05, 0.1) is 11.6 Å². The second-order valence-corrected chi connectivity index (χ2v) is 9.95. The van der Waals surface area contributed by atoms with Crippen molar-refractivity contribution in [1.82, 2.24) is 31.0 Å². The van der Waals surface area contributed by atoms with E-state index in [-0.39, 0.29) is 35.2 Å². The molecule has 2 aliphatic rings. The van der Waals surface area contributed by atoms with Gasteiger partial charge in [-0.3, -0.25) is 24.2 Å². The highest BCUT2D eigenvalue weighted by Crippen LogP contribution is 2.30. The van der Waals surface area contributed by atoms with Gasteiger partial charge in [-0.1, -0.05) is 31.2 Å². The molecule has 1 aromatic carbocycles. The Morgan fingerprint density at radius 2 is 1.92 bits per heavy atom. The molecule has 4 rings (SSSR count). The lowest BCUT2D eigenvalue weighted by atomic mass is 9.98. The molecule has 3 N–H and O–H groups in total. The van der Waals surface area contributed by atoms with Gasteiger partial charge >= 0.3 is 0 Å². The average molecular weight is 513 g/mol. The third kappa shape index (κ3) is 5.26. The van der Waals surface area contributed by atoms with Crippen LogP contribution in [0.4, 0.5) is 0 Å². The maximum Gasteiger partial charge on any atom is 0.280 e. The second kappa shape index (κ2) is 11.2. The Morgan fingerprint density at radius 1 is 1.14 bits per heavy atom. The summed E-state index contributed by atoms with van der Waals surface area (Å²) in [7, 11) is 0. The van der Waals surface area contributed by atoms with Gasteiger partial charge in [0.15, 0.2) is 5.01 Å². The van der Waals surface area contributed by atoms with Crippen LogP contribution in [-0.2, 0) is 16.1 Å². The van der Waals surface area contributed by atoms with E-state index >= 15 is 0 Å². The molecular weight excluding hydrogens is 480 g/mol. The molecular formula is C25H32N6O4S. The normalized spacial score (nSPS) is 18.1. The van der Waals surface area contributed by atoms with Crippen molar-refractivity contribution in [3.63, 3.8) is 0 Å². The number of aryl methyl sites for hydroxylation is 1. The Morgan fingerprint density at radius 3 is 2.67 bits per heavy atom. The number of hydrogen-bond donors (Lipinski definition) is 3. The van der Waals surface area contributed by atoms with Crippen molar-refractivity contribution in [1.29, 1.82) is 0 Å². The van der Waals surface area contributed by atoms with E-state index in [0.29, 0.717) is 36.6 Å². The fraction of sp³-hybridized carbons (Fsp3) is 0.480. The molecule has 192 valence electrons. The van der Waals surface area contributed by atoms with Crippen LogP contribution in [0.1, 0.15) is 69.0 Å². The van der Waals surface area contributed by atoms with Crippen LogP contribution in [0.25, 0.3) is 0 Å². The lowest BCUT2D eigenvalue weighted by Crippen LogP contribution is -2.47. The Kier molecular flexibility index (Phi) is 8.00. The molecule has 3 heterocycles. The monoisotopic (exact) mass is 512 g/mol. The van der Waals surface area contributed by atoms with Gasteiger partial charge in [-0.2, -0.15) is 0 Å². The van der Waals surface area contributed by atoms with Crippen LogP contribution in [0.2, 0.25) is 0 Å². The van der Waals surface area contributed by atoms with E-state index in [1.165, 1.54) is 0 Å². The minimum atomic E-state index is -0.773. The van der Waals surface area contributed by atoms with E-state index in [1.54, 1.807) is 11.9 Å². The fourth-order valence-corrected chi connectivity index (χ4v) is 5.48. The predicted octanol–water partition coefficient (Wildman–Crippen LogP) is 1.78. The minimum absolute atomic E-state index is 0.105. The summed E-state index contributed by atoms with van der Waals surface area (Å²) in [6, 6.07) is 6.93. The van der Waals surface area contributed by atoms with Gasteiger partial charge in [0, 0.05) is 32.7 Å². The van der Waals surface area contributed by atoms with Gasteiger partial charge in [-0.15, -0.1) is 11.3 Å². The summed E-state index contributed by atoms with van der Waals surface area (Å²) in [5.74, 6) is -1.65. The minimum Gasteiger partial charge on any atom is -0.350 e. The van der Waals surface area contributed by atoms with E-state index < -0.39 is 12.0 Å². The number of nitrogens with one attached hydrogen (secondary N) is 3. The summed E-state index contributed by atoms with van der Waals surface area (Å²) in [4.78, 5) is 56.1. The highest BCUT2D eigenvalue weighted by atomic mass is 32.1. The second-order valence-electron chi connectivity index (χ2n) is 8.95. The molecule has 2 aromatic rings. The SMILES string of the molecule is CCNC(=O)c1nc(C)c(C(=O)NC[C@@H](CC)C(=O)N[C@@H]2C(=O)N3CCCN3Cc3ccccc32)s1. The van der Waals surface area contributed by atoms with Crippen LogP contribution in [0, 0.1) is 12.8 Å². The number of thiazole rings is 1. The Balaban J connectivity index is 1.44.